The molecule has 0 radical (unpaired) electrons. The Labute approximate surface area is 154 Å². The summed E-state index contributed by atoms with van der Waals surface area (Å²) in [6.45, 7) is -1.61. The highest BCUT2D eigenvalue weighted by molar-refractivity contribution is 8.13. The molecule has 0 amide bonds. The van der Waals surface area contributed by atoms with Gasteiger partial charge in [0, 0.05) is 35.8 Å². The molecule has 0 bridgehead atoms. The average Bonchev–Trinajstić information content (AvgIpc) is 2.99. The van der Waals surface area contributed by atoms with E-state index in [0.29, 0.717) is 0 Å². The molecular formula is C16H20F3N3OS2. The zero-order valence-corrected chi connectivity index (χ0v) is 15.6. The zero-order valence-electron chi connectivity index (χ0n) is 13.9. The van der Waals surface area contributed by atoms with Crippen LogP contribution in [-0.2, 0) is 10.5 Å². The molecule has 2 N–H and O–H groups in total. The molecule has 1 heterocycles. The van der Waals surface area contributed by atoms with Gasteiger partial charge in [-0.05, 0) is 37.8 Å². The molecule has 138 valence electrons. The summed E-state index contributed by atoms with van der Waals surface area (Å²) < 4.78 is 29.8. The molecule has 25 heavy (non-hydrogen) atoms. The van der Waals surface area contributed by atoms with Crippen LogP contribution in [0.3, 0.4) is 0 Å². The number of alkyl halides is 3. The summed E-state index contributed by atoms with van der Waals surface area (Å²) in [6, 6.07) is 2.02. The van der Waals surface area contributed by atoms with E-state index in [1.54, 1.807) is 18.8 Å². The standard InChI is InChI=1S/C15H19N3OS2.CHF3/c1-10-6-7-17-14(20)12(10)9-21-15(16-2)18-13-5-3-4-11(13)8-19;2-1(3)4/h6-8H,3-5,9H2,1-2H3,(H,16,18)(H,17,20);1H. The van der Waals surface area contributed by atoms with Crippen LogP contribution < -0.4 is 5.32 Å². The van der Waals surface area contributed by atoms with Crippen LogP contribution in [0.1, 0.15) is 30.4 Å². The predicted molar refractivity (Wildman–Crippen MR) is 98.2 cm³/mol. The van der Waals surface area contributed by atoms with Crippen molar-refractivity contribution in [3.63, 3.8) is 0 Å². The number of nitrogens with zero attached hydrogens (tertiary/aromatic N) is 1. The number of aliphatic imine (C=N–C) groups is 1. The number of amidine groups is 1. The Morgan fingerprint density at radius 2 is 2.16 bits per heavy atom. The van der Waals surface area contributed by atoms with Crippen LogP contribution in [0, 0.1) is 11.6 Å². The smallest absolute Gasteiger partial charge is 0.353 e. The van der Waals surface area contributed by atoms with Crippen LogP contribution in [0.25, 0.3) is 0 Å². The molecule has 0 fully saturated rings. The van der Waals surface area contributed by atoms with Crippen molar-refractivity contribution in [2.24, 2.45) is 4.99 Å². The lowest BCUT2D eigenvalue weighted by Gasteiger charge is -2.11. The molecule has 1 aliphatic rings. The quantitative estimate of drug-likeness (QED) is 0.339. The Morgan fingerprint density at radius 3 is 2.72 bits per heavy atom. The fourth-order valence-electron chi connectivity index (χ4n) is 2.25. The number of hydrogen-bond acceptors (Lipinski definition) is 4. The molecule has 9 heteroatoms. The Bertz CT molecular complexity index is 699. The minimum atomic E-state index is -3.67. The van der Waals surface area contributed by atoms with Gasteiger partial charge in [-0.2, -0.15) is 13.2 Å². The van der Waals surface area contributed by atoms with Crippen molar-refractivity contribution in [2.45, 2.75) is 38.6 Å². The molecule has 1 aromatic rings. The largest absolute Gasteiger partial charge is 0.379 e. The topological polar surface area (TPSA) is 57.2 Å². The molecule has 0 saturated carbocycles. The lowest BCUT2D eigenvalue weighted by atomic mass is 10.2. The second-order valence-corrected chi connectivity index (χ2v) is 6.51. The van der Waals surface area contributed by atoms with E-state index >= 15 is 0 Å². The monoisotopic (exact) mass is 391 g/mol. The zero-order chi connectivity index (χ0) is 18.8. The van der Waals surface area contributed by atoms with E-state index < -0.39 is 6.68 Å². The molecule has 1 aromatic heterocycles. The van der Waals surface area contributed by atoms with Gasteiger partial charge in [-0.3, -0.25) is 9.79 Å². The summed E-state index contributed by atoms with van der Waals surface area (Å²) in [4.78, 5) is 18.3. The van der Waals surface area contributed by atoms with Crippen molar-refractivity contribution in [3.8, 4) is 0 Å². The number of rotatable bonds is 4. The van der Waals surface area contributed by atoms with Gasteiger partial charge in [-0.1, -0.05) is 24.0 Å². The maximum Gasteiger partial charge on any atom is 0.379 e. The summed E-state index contributed by atoms with van der Waals surface area (Å²) in [5.74, 6) is 0.755. The first kappa shape index (κ1) is 21.4. The van der Waals surface area contributed by atoms with E-state index in [9.17, 15) is 18.0 Å². The van der Waals surface area contributed by atoms with Crippen molar-refractivity contribution in [2.75, 3.05) is 7.05 Å². The van der Waals surface area contributed by atoms with Gasteiger partial charge in [0.2, 0.25) is 0 Å². The highest BCUT2D eigenvalue weighted by Gasteiger charge is 2.15. The third-order valence-electron chi connectivity index (χ3n) is 3.51. The van der Waals surface area contributed by atoms with Gasteiger partial charge < -0.3 is 10.3 Å². The average molecular weight is 391 g/mol. The summed E-state index contributed by atoms with van der Waals surface area (Å²) in [5, 5.41) is 4.12. The number of aromatic amines is 1. The van der Waals surface area contributed by atoms with E-state index in [0.717, 1.165) is 57.9 Å². The minimum absolute atomic E-state index is 0.755. The first-order valence-corrected chi connectivity index (χ1v) is 8.91. The minimum Gasteiger partial charge on any atom is -0.353 e. The van der Waals surface area contributed by atoms with Crippen molar-refractivity contribution in [1.82, 2.24) is 10.3 Å². The molecule has 1 aliphatic carbocycles. The van der Waals surface area contributed by atoms with Gasteiger partial charge in [0.1, 0.15) is 10.9 Å². The number of H-pyrrole nitrogens is 1. The van der Waals surface area contributed by atoms with Crippen molar-refractivity contribution in [3.05, 3.63) is 39.3 Å². The van der Waals surface area contributed by atoms with Crippen LogP contribution in [0.5, 0.6) is 0 Å². The number of nitrogens with one attached hydrogen (secondary N) is 2. The lowest BCUT2D eigenvalue weighted by Crippen LogP contribution is -2.20. The third kappa shape index (κ3) is 7.43. The van der Waals surface area contributed by atoms with Crippen LogP contribution in [0.4, 0.5) is 13.2 Å². The van der Waals surface area contributed by atoms with Crippen LogP contribution >= 0.6 is 24.0 Å². The Morgan fingerprint density at radius 1 is 1.48 bits per heavy atom. The molecule has 0 unspecified atom stereocenters. The van der Waals surface area contributed by atoms with Gasteiger partial charge in [0.15, 0.2) is 5.17 Å². The van der Waals surface area contributed by atoms with E-state index in [4.69, 9.17) is 12.2 Å². The number of pyridine rings is 1. The number of hydrogen-bond donors (Lipinski definition) is 2. The van der Waals surface area contributed by atoms with Gasteiger partial charge in [0.25, 0.3) is 0 Å². The Balaban J connectivity index is 0.000000705. The highest BCUT2D eigenvalue weighted by Crippen LogP contribution is 2.24. The number of carbonyl (C=O) groups is 1. The molecule has 0 saturated heterocycles. The van der Waals surface area contributed by atoms with E-state index in [1.807, 2.05) is 12.3 Å². The molecular weight excluding hydrogens is 371 g/mol. The lowest BCUT2D eigenvalue weighted by molar-refractivity contribution is -0.105. The van der Waals surface area contributed by atoms with Crippen molar-refractivity contribution in [1.29, 1.82) is 0 Å². The molecule has 0 aliphatic heterocycles. The van der Waals surface area contributed by atoms with Gasteiger partial charge in [-0.25, -0.2) is 0 Å². The van der Waals surface area contributed by atoms with Crippen molar-refractivity contribution < 1.29 is 18.0 Å². The number of halogens is 3. The number of carbonyl (C=O) groups excluding carboxylic acids is 1. The second kappa shape index (κ2) is 11.1. The van der Waals surface area contributed by atoms with Crippen LogP contribution in [0.15, 0.2) is 28.5 Å². The summed E-state index contributed by atoms with van der Waals surface area (Å²) in [5.41, 5.74) is 4.17. The first-order chi connectivity index (χ1) is 11.9. The second-order valence-electron chi connectivity index (χ2n) is 5.13. The van der Waals surface area contributed by atoms with Crippen LogP contribution in [-0.4, -0.2) is 30.2 Å². The fourth-order valence-corrected chi connectivity index (χ4v) is 3.62. The molecule has 2 rings (SSSR count). The number of aromatic nitrogens is 1. The number of aryl methyl sites for hydroxylation is 1. The Kier molecular flexibility index (Phi) is 9.51. The predicted octanol–water partition coefficient (Wildman–Crippen LogP) is 4.68. The van der Waals surface area contributed by atoms with E-state index in [2.05, 4.69) is 22.2 Å². The first-order valence-electron chi connectivity index (χ1n) is 7.52. The third-order valence-corrected chi connectivity index (χ3v) is 4.87. The van der Waals surface area contributed by atoms with Gasteiger partial charge in [-0.15, -0.1) is 0 Å². The summed E-state index contributed by atoms with van der Waals surface area (Å²) in [6.07, 6.45) is 5.61. The Hall–Kier alpha value is -1.61. The molecule has 0 spiro atoms. The summed E-state index contributed by atoms with van der Waals surface area (Å²) in [7, 11) is 1.75. The molecule has 0 aromatic carbocycles. The molecule has 0 atom stereocenters. The SMILES string of the molecule is CN=C(NC1=C(C=O)CCC1)SCc1c(C)cc[nH]c1=S.FC(F)F. The number of allylic oxidation sites excluding steroid dienone is 2. The van der Waals surface area contributed by atoms with E-state index in [-0.39, 0.29) is 0 Å². The normalized spacial score (nSPS) is 14.4. The fraction of sp³-hybridized carbons (Fsp3) is 0.438. The van der Waals surface area contributed by atoms with Crippen molar-refractivity contribution >= 4 is 35.4 Å². The van der Waals surface area contributed by atoms with Crippen LogP contribution in [0.2, 0.25) is 0 Å². The van der Waals surface area contributed by atoms with Gasteiger partial charge in [0.05, 0.1) is 0 Å². The summed E-state index contributed by atoms with van der Waals surface area (Å²) >= 11 is 6.93. The van der Waals surface area contributed by atoms with E-state index in [1.165, 1.54) is 5.56 Å². The van der Waals surface area contributed by atoms with Gasteiger partial charge >= 0.3 is 6.68 Å². The maximum absolute atomic E-state index is 11.0. The number of aldehydes is 1. The molecule has 4 nitrogen and oxygen atoms in total. The maximum atomic E-state index is 11.0. The number of thioether (sulfide) groups is 1. The highest BCUT2D eigenvalue weighted by atomic mass is 32.2.